The molecule has 0 aromatic heterocycles. The Balaban J connectivity index is 0.000000605. The van der Waals surface area contributed by atoms with Gasteiger partial charge in [-0.05, 0) is 6.21 Å². The first kappa shape index (κ1) is 8.47. The molecule has 0 spiro atoms. The average molecular weight is 315 g/mol. The van der Waals surface area contributed by atoms with Gasteiger partial charge in [0.25, 0.3) is 0 Å². The van der Waals surface area contributed by atoms with Crippen LogP contribution in [0, 0.1) is 0 Å². The van der Waals surface area contributed by atoms with E-state index in [1.807, 2.05) is 18.2 Å². The first-order valence-electron chi connectivity index (χ1n) is 3.23. The third-order valence-electron chi connectivity index (χ3n) is 1.54. The number of benzene rings is 1. The van der Waals surface area contributed by atoms with Crippen molar-refractivity contribution in [2.75, 3.05) is 0 Å². The van der Waals surface area contributed by atoms with Crippen molar-refractivity contribution in [3.05, 3.63) is 35.4 Å². The van der Waals surface area contributed by atoms with Crippen LogP contribution in [0.15, 0.2) is 29.4 Å². The zero-order valence-electron chi connectivity index (χ0n) is 5.87. The summed E-state index contributed by atoms with van der Waals surface area (Å²) in [6.45, 7) is 0.823. The Labute approximate surface area is 80.0 Å². The molecule has 0 saturated heterocycles. The van der Waals surface area contributed by atoms with Crippen molar-refractivity contribution < 1.29 is 21.1 Å². The second-order valence-electron chi connectivity index (χ2n) is 2.22. The molecular weight excluding hydrogens is 308 g/mol. The predicted molar refractivity (Wildman–Crippen MR) is 39.8 cm³/mol. The van der Waals surface area contributed by atoms with Crippen molar-refractivity contribution in [3.8, 4) is 0 Å². The van der Waals surface area contributed by atoms with Crippen LogP contribution in [0.4, 0.5) is 0 Å². The second-order valence-corrected chi connectivity index (χ2v) is 2.22. The van der Waals surface area contributed by atoms with Crippen molar-refractivity contribution >= 4 is 6.21 Å². The molecular formula is C8H7N2W-. The van der Waals surface area contributed by atoms with E-state index in [-0.39, 0.29) is 21.1 Å². The SMILES string of the molecule is [C-]1=NNCc2ccccc21.[W]. The molecule has 0 amide bonds. The minimum absolute atomic E-state index is 0. The molecule has 0 radical (unpaired) electrons. The molecule has 1 aromatic rings. The minimum atomic E-state index is 0. The third-order valence-corrected chi connectivity index (χ3v) is 1.54. The second kappa shape index (κ2) is 3.68. The summed E-state index contributed by atoms with van der Waals surface area (Å²) in [5.74, 6) is 0. The molecule has 56 valence electrons. The molecule has 1 aromatic carbocycles. The van der Waals surface area contributed by atoms with Gasteiger partial charge in [-0.1, -0.05) is 6.07 Å². The fourth-order valence-electron chi connectivity index (χ4n) is 1.01. The van der Waals surface area contributed by atoms with Gasteiger partial charge in [0.1, 0.15) is 0 Å². The number of fused-ring (bicyclic) bond motifs is 1. The fourth-order valence-corrected chi connectivity index (χ4v) is 1.01. The van der Waals surface area contributed by atoms with Gasteiger partial charge >= 0.3 is 0 Å². The van der Waals surface area contributed by atoms with Crippen LogP contribution in [0.2, 0.25) is 0 Å². The van der Waals surface area contributed by atoms with Crippen molar-refractivity contribution in [2.24, 2.45) is 5.10 Å². The topological polar surface area (TPSA) is 24.4 Å². The summed E-state index contributed by atoms with van der Waals surface area (Å²) in [5, 5.41) is 3.82. The number of nitrogens with zero attached hydrogens (tertiary/aromatic N) is 1. The number of rotatable bonds is 0. The zero-order valence-corrected chi connectivity index (χ0v) is 8.81. The molecule has 3 heteroatoms. The molecule has 1 heterocycles. The van der Waals surface area contributed by atoms with Crippen LogP contribution in [-0.4, -0.2) is 6.21 Å². The maximum atomic E-state index is 3.82. The van der Waals surface area contributed by atoms with Crippen molar-refractivity contribution in [2.45, 2.75) is 6.54 Å². The van der Waals surface area contributed by atoms with E-state index < -0.39 is 0 Å². The smallest absolute Gasteiger partial charge is 0.0129 e. The molecule has 1 N–H and O–H groups in total. The number of hydrazone groups is 1. The Morgan fingerprint density at radius 2 is 2.18 bits per heavy atom. The largest absolute Gasteiger partial charge is 0.330 e. The molecule has 2 nitrogen and oxygen atoms in total. The standard InChI is InChI=1S/C8H7N2.W/c1-2-4-8-6-10-9-5-7(8)3-1;/h1-4,9H,5H2;/q-1;. The van der Waals surface area contributed by atoms with E-state index in [9.17, 15) is 0 Å². The van der Waals surface area contributed by atoms with Crippen LogP contribution in [-0.2, 0) is 27.6 Å². The first-order chi connectivity index (χ1) is 4.97. The molecule has 0 fully saturated rings. The van der Waals surface area contributed by atoms with Crippen LogP contribution < -0.4 is 5.43 Å². The van der Waals surface area contributed by atoms with Crippen LogP contribution >= 0.6 is 0 Å². The molecule has 0 saturated carbocycles. The molecule has 1 aliphatic rings. The summed E-state index contributed by atoms with van der Waals surface area (Å²) in [5.41, 5.74) is 5.21. The van der Waals surface area contributed by atoms with Crippen LogP contribution in [0.25, 0.3) is 0 Å². The van der Waals surface area contributed by atoms with Gasteiger partial charge in [-0.3, -0.25) is 5.10 Å². The van der Waals surface area contributed by atoms with Crippen LogP contribution in [0.1, 0.15) is 11.1 Å². The number of nitrogens with one attached hydrogen (secondary N) is 1. The number of hydrogen-bond acceptors (Lipinski definition) is 2. The summed E-state index contributed by atoms with van der Waals surface area (Å²) in [6, 6.07) is 8.10. The molecule has 0 atom stereocenters. The van der Waals surface area contributed by atoms with Crippen LogP contribution in [0.3, 0.4) is 0 Å². The molecule has 11 heavy (non-hydrogen) atoms. The van der Waals surface area contributed by atoms with E-state index in [1.165, 1.54) is 5.56 Å². The average Bonchev–Trinajstić information content (AvgIpc) is 2.05. The molecule has 0 bridgehead atoms. The van der Waals surface area contributed by atoms with E-state index in [2.05, 4.69) is 22.8 Å². The quantitative estimate of drug-likeness (QED) is 0.710. The molecule has 2 rings (SSSR count). The monoisotopic (exact) mass is 315 g/mol. The van der Waals surface area contributed by atoms with Gasteiger partial charge in [-0.15, -0.1) is 17.7 Å². The molecule has 0 aliphatic carbocycles. The van der Waals surface area contributed by atoms with Crippen molar-refractivity contribution in [1.29, 1.82) is 0 Å². The Kier molecular flexibility index (Phi) is 2.83. The summed E-state index contributed by atoms with van der Waals surface area (Å²) in [4.78, 5) is 0. The predicted octanol–water partition coefficient (Wildman–Crippen LogP) is 0.998. The Hall–Kier alpha value is -0.622. The van der Waals surface area contributed by atoms with E-state index in [1.54, 1.807) is 0 Å². The Bertz CT molecular complexity index is 271. The van der Waals surface area contributed by atoms with E-state index in [0.717, 1.165) is 12.1 Å². The van der Waals surface area contributed by atoms with E-state index in [0.29, 0.717) is 0 Å². The summed E-state index contributed by atoms with van der Waals surface area (Å²) in [6.07, 6.45) is 2.88. The third kappa shape index (κ3) is 1.69. The minimum Gasteiger partial charge on any atom is -0.330 e. The zero-order chi connectivity index (χ0) is 6.81. The van der Waals surface area contributed by atoms with Gasteiger partial charge in [0.05, 0.1) is 0 Å². The molecule has 0 unspecified atom stereocenters. The van der Waals surface area contributed by atoms with Gasteiger partial charge in [0.15, 0.2) is 0 Å². The maximum absolute atomic E-state index is 3.82. The van der Waals surface area contributed by atoms with Gasteiger partial charge in [-0.25, -0.2) is 0 Å². The number of hydrogen-bond donors (Lipinski definition) is 1. The normalized spacial score (nSPS) is 12.7. The van der Waals surface area contributed by atoms with Gasteiger partial charge < -0.3 is 5.43 Å². The fraction of sp³-hybridized carbons (Fsp3) is 0.125. The van der Waals surface area contributed by atoms with Gasteiger partial charge in [0, 0.05) is 27.6 Å². The van der Waals surface area contributed by atoms with E-state index >= 15 is 0 Å². The van der Waals surface area contributed by atoms with Crippen molar-refractivity contribution in [1.82, 2.24) is 5.43 Å². The Morgan fingerprint density at radius 3 is 3.00 bits per heavy atom. The molecule has 1 aliphatic heterocycles. The summed E-state index contributed by atoms with van der Waals surface area (Å²) in [7, 11) is 0. The summed E-state index contributed by atoms with van der Waals surface area (Å²) < 4.78 is 0. The first-order valence-corrected chi connectivity index (χ1v) is 3.23. The van der Waals surface area contributed by atoms with E-state index in [4.69, 9.17) is 0 Å². The van der Waals surface area contributed by atoms with Gasteiger partial charge in [-0.2, -0.15) is 11.6 Å². The Morgan fingerprint density at radius 1 is 1.36 bits per heavy atom. The van der Waals surface area contributed by atoms with Crippen molar-refractivity contribution in [3.63, 3.8) is 0 Å². The van der Waals surface area contributed by atoms with Gasteiger partial charge in [0.2, 0.25) is 0 Å². The summed E-state index contributed by atoms with van der Waals surface area (Å²) >= 11 is 0. The van der Waals surface area contributed by atoms with Crippen LogP contribution in [0.5, 0.6) is 0 Å². The maximum Gasteiger partial charge on any atom is 0.0129 e.